The van der Waals surface area contributed by atoms with Crippen molar-refractivity contribution in [3.63, 3.8) is 0 Å². The lowest BCUT2D eigenvalue weighted by atomic mass is 10.0. The van der Waals surface area contributed by atoms with Gasteiger partial charge < -0.3 is 4.74 Å². The molecular weight excluding hydrogens is 160 g/mol. The molecule has 1 fully saturated rings. The molecule has 0 saturated carbocycles. The molecule has 1 atom stereocenters. The van der Waals surface area contributed by atoms with Gasteiger partial charge in [-0.25, -0.2) is 0 Å². The lowest BCUT2D eigenvalue weighted by Crippen LogP contribution is -1.93. The van der Waals surface area contributed by atoms with Crippen LogP contribution in [0.25, 0.3) is 6.08 Å². The quantitative estimate of drug-likeness (QED) is 0.636. The fourth-order valence-corrected chi connectivity index (χ4v) is 1.55. The normalized spacial score (nSPS) is 25.3. The van der Waals surface area contributed by atoms with E-state index in [2.05, 4.69) is 37.3 Å². The van der Waals surface area contributed by atoms with Crippen LogP contribution in [0.4, 0.5) is 0 Å². The molecule has 0 spiro atoms. The predicted octanol–water partition coefficient (Wildman–Crippen LogP) is 2.74. The molecule has 0 aromatic heterocycles. The van der Waals surface area contributed by atoms with Gasteiger partial charge in [0.1, 0.15) is 0 Å². The van der Waals surface area contributed by atoms with E-state index in [-0.39, 0.29) is 0 Å². The van der Waals surface area contributed by atoms with E-state index in [1.54, 1.807) is 0 Å². The third-order valence-corrected chi connectivity index (χ3v) is 2.42. The first-order valence-electron chi connectivity index (χ1n) is 4.69. The Balaban J connectivity index is 2.20. The molecule has 1 nitrogen and oxygen atoms in total. The van der Waals surface area contributed by atoms with E-state index in [0.29, 0.717) is 5.92 Å². The van der Waals surface area contributed by atoms with Crippen LogP contribution in [0.5, 0.6) is 0 Å². The van der Waals surface area contributed by atoms with Crippen LogP contribution >= 0.6 is 0 Å². The first kappa shape index (κ1) is 8.52. The Morgan fingerprint density at radius 3 is 2.69 bits per heavy atom. The first-order chi connectivity index (χ1) is 6.36. The SMILES string of the molecule is CC1COCC1=Cc1ccccc1. The lowest BCUT2D eigenvalue weighted by molar-refractivity contribution is 0.191. The summed E-state index contributed by atoms with van der Waals surface area (Å²) in [6.45, 7) is 3.89. The third kappa shape index (κ3) is 1.99. The van der Waals surface area contributed by atoms with Crippen molar-refractivity contribution < 1.29 is 4.74 Å². The molecule has 2 rings (SSSR count). The second-order valence-corrected chi connectivity index (χ2v) is 3.55. The molecule has 1 aromatic carbocycles. The smallest absolute Gasteiger partial charge is 0.0683 e. The molecule has 0 N–H and O–H groups in total. The molecule has 13 heavy (non-hydrogen) atoms. The molecule has 1 heterocycles. The Kier molecular flexibility index (Phi) is 2.46. The maximum Gasteiger partial charge on any atom is 0.0683 e. The van der Waals surface area contributed by atoms with E-state index in [1.165, 1.54) is 11.1 Å². The van der Waals surface area contributed by atoms with E-state index in [0.717, 1.165) is 13.2 Å². The summed E-state index contributed by atoms with van der Waals surface area (Å²) in [5, 5.41) is 0. The average molecular weight is 174 g/mol. The average Bonchev–Trinajstić information content (AvgIpc) is 2.54. The minimum absolute atomic E-state index is 0.584. The van der Waals surface area contributed by atoms with Crippen molar-refractivity contribution in [1.29, 1.82) is 0 Å². The number of ether oxygens (including phenoxy) is 1. The van der Waals surface area contributed by atoms with Gasteiger partial charge >= 0.3 is 0 Å². The van der Waals surface area contributed by atoms with Crippen LogP contribution in [-0.4, -0.2) is 13.2 Å². The Bertz CT molecular complexity index is 300. The Hall–Kier alpha value is -1.08. The highest BCUT2D eigenvalue weighted by Gasteiger charge is 2.15. The second kappa shape index (κ2) is 3.75. The Morgan fingerprint density at radius 1 is 1.31 bits per heavy atom. The second-order valence-electron chi connectivity index (χ2n) is 3.55. The van der Waals surface area contributed by atoms with Crippen molar-refractivity contribution in [3.8, 4) is 0 Å². The molecule has 1 heteroatoms. The molecule has 0 radical (unpaired) electrons. The summed E-state index contributed by atoms with van der Waals surface area (Å²) >= 11 is 0. The van der Waals surface area contributed by atoms with Crippen molar-refractivity contribution in [2.24, 2.45) is 5.92 Å². The summed E-state index contributed by atoms with van der Waals surface area (Å²) < 4.78 is 5.37. The van der Waals surface area contributed by atoms with Crippen LogP contribution in [0.1, 0.15) is 12.5 Å². The number of benzene rings is 1. The standard InChI is InChI=1S/C12H14O/c1-10-8-13-9-12(10)7-11-5-3-2-4-6-11/h2-7,10H,8-9H2,1H3. The van der Waals surface area contributed by atoms with Crippen LogP contribution in [-0.2, 0) is 4.74 Å². The van der Waals surface area contributed by atoms with Crippen LogP contribution in [0.15, 0.2) is 35.9 Å². The zero-order chi connectivity index (χ0) is 9.10. The minimum Gasteiger partial charge on any atom is -0.376 e. The summed E-state index contributed by atoms with van der Waals surface area (Å²) in [7, 11) is 0. The van der Waals surface area contributed by atoms with Crippen LogP contribution in [0, 0.1) is 5.92 Å². The molecule has 1 unspecified atom stereocenters. The van der Waals surface area contributed by atoms with Gasteiger partial charge in [-0.3, -0.25) is 0 Å². The maximum atomic E-state index is 5.37. The highest BCUT2D eigenvalue weighted by Crippen LogP contribution is 2.21. The topological polar surface area (TPSA) is 9.23 Å². The van der Waals surface area contributed by atoms with Gasteiger partial charge in [-0.1, -0.05) is 43.3 Å². The van der Waals surface area contributed by atoms with Gasteiger partial charge in [0.25, 0.3) is 0 Å². The Labute approximate surface area is 79.0 Å². The van der Waals surface area contributed by atoms with Crippen molar-refractivity contribution in [2.45, 2.75) is 6.92 Å². The van der Waals surface area contributed by atoms with Gasteiger partial charge in [-0.15, -0.1) is 0 Å². The third-order valence-electron chi connectivity index (χ3n) is 2.42. The van der Waals surface area contributed by atoms with Crippen LogP contribution < -0.4 is 0 Å². The summed E-state index contributed by atoms with van der Waals surface area (Å²) in [4.78, 5) is 0. The number of rotatable bonds is 1. The molecule has 0 aliphatic carbocycles. The largest absolute Gasteiger partial charge is 0.376 e. The fourth-order valence-electron chi connectivity index (χ4n) is 1.55. The van der Waals surface area contributed by atoms with E-state index in [1.807, 2.05) is 6.07 Å². The highest BCUT2D eigenvalue weighted by molar-refractivity contribution is 5.53. The predicted molar refractivity (Wildman–Crippen MR) is 54.4 cm³/mol. The summed E-state index contributed by atoms with van der Waals surface area (Å²) in [6, 6.07) is 10.4. The minimum atomic E-state index is 0.584. The first-order valence-corrected chi connectivity index (χ1v) is 4.69. The number of hydrogen-bond donors (Lipinski definition) is 0. The van der Waals surface area contributed by atoms with Crippen molar-refractivity contribution >= 4 is 6.08 Å². The van der Waals surface area contributed by atoms with Crippen molar-refractivity contribution in [1.82, 2.24) is 0 Å². The molecule has 1 aliphatic rings. The van der Waals surface area contributed by atoms with Gasteiger partial charge in [-0.05, 0) is 11.1 Å². The van der Waals surface area contributed by atoms with Gasteiger partial charge in [-0.2, -0.15) is 0 Å². The summed E-state index contributed by atoms with van der Waals surface area (Å²) in [5.41, 5.74) is 2.68. The molecule has 1 aliphatic heterocycles. The zero-order valence-corrected chi connectivity index (χ0v) is 7.86. The van der Waals surface area contributed by atoms with E-state index in [4.69, 9.17) is 4.74 Å². The molecule has 1 saturated heterocycles. The molecule has 68 valence electrons. The van der Waals surface area contributed by atoms with Crippen molar-refractivity contribution in [3.05, 3.63) is 41.5 Å². The summed E-state index contributed by atoms with van der Waals surface area (Å²) in [5.74, 6) is 0.584. The van der Waals surface area contributed by atoms with Crippen molar-refractivity contribution in [2.75, 3.05) is 13.2 Å². The monoisotopic (exact) mass is 174 g/mol. The van der Waals surface area contributed by atoms with E-state index < -0.39 is 0 Å². The zero-order valence-electron chi connectivity index (χ0n) is 7.86. The highest BCUT2D eigenvalue weighted by atomic mass is 16.5. The number of hydrogen-bond acceptors (Lipinski definition) is 1. The van der Waals surface area contributed by atoms with E-state index >= 15 is 0 Å². The van der Waals surface area contributed by atoms with Crippen LogP contribution in [0.3, 0.4) is 0 Å². The Morgan fingerprint density at radius 2 is 2.08 bits per heavy atom. The lowest BCUT2D eigenvalue weighted by Gasteiger charge is -2.01. The van der Waals surface area contributed by atoms with Gasteiger partial charge in [0.15, 0.2) is 0 Å². The maximum absolute atomic E-state index is 5.37. The molecule has 0 bridgehead atoms. The van der Waals surface area contributed by atoms with E-state index in [9.17, 15) is 0 Å². The fraction of sp³-hybridized carbons (Fsp3) is 0.333. The van der Waals surface area contributed by atoms with Gasteiger partial charge in [0, 0.05) is 5.92 Å². The summed E-state index contributed by atoms with van der Waals surface area (Å²) in [6.07, 6.45) is 2.23. The van der Waals surface area contributed by atoms with Gasteiger partial charge in [0.05, 0.1) is 13.2 Å². The van der Waals surface area contributed by atoms with Crippen LogP contribution in [0.2, 0.25) is 0 Å². The molecule has 0 amide bonds. The molecular formula is C12H14O. The van der Waals surface area contributed by atoms with Gasteiger partial charge in [0.2, 0.25) is 0 Å². The molecule has 1 aromatic rings.